The van der Waals surface area contributed by atoms with Crippen molar-refractivity contribution in [2.24, 2.45) is 5.41 Å². The third kappa shape index (κ3) is 8.88. The molecule has 0 saturated heterocycles. The van der Waals surface area contributed by atoms with Gasteiger partial charge in [0.05, 0.1) is 6.61 Å². The fourth-order valence-corrected chi connectivity index (χ4v) is 1.91. The van der Waals surface area contributed by atoms with Gasteiger partial charge < -0.3 is 10.4 Å². The maximum absolute atomic E-state index is 9.30. The van der Waals surface area contributed by atoms with Crippen molar-refractivity contribution in [1.29, 1.82) is 0 Å². The van der Waals surface area contributed by atoms with Crippen molar-refractivity contribution in [2.45, 2.75) is 72.4 Å². The van der Waals surface area contributed by atoms with E-state index in [0.717, 1.165) is 6.42 Å². The lowest BCUT2D eigenvalue weighted by Gasteiger charge is -2.28. The number of nitrogens with one attached hydrogen (secondary N) is 1. The molecule has 0 aliphatic heterocycles. The lowest BCUT2D eigenvalue weighted by Crippen LogP contribution is -2.41. The average Bonchev–Trinajstić information content (AvgIpc) is 2.11. The molecule has 92 valence electrons. The van der Waals surface area contributed by atoms with E-state index in [1.54, 1.807) is 0 Å². The van der Waals surface area contributed by atoms with E-state index in [1.807, 2.05) is 0 Å². The van der Waals surface area contributed by atoms with E-state index in [9.17, 15) is 5.11 Å². The molecule has 0 amide bonds. The Balaban J connectivity index is 3.87. The molecule has 0 aliphatic rings. The van der Waals surface area contributed by atoms with Gasteiger partial charge in [0.1, 0.15) is 0 Å². The van der Waals surface area contributed by atoms with Crippen LogP contribution in [0.2, 0.25) is 0 Å². The molecule has 0 spiro atoms. The van der Waals surface area contributed by atoms with E-state index in [4.69, 9.17) is 0 Å². The van der Waals surface area contributed by atoms with Crippen LogP contribution in [0.25, 0.3) is 0 Å². The minimum absolute atomic E-state index is 0.244. The largest absolute Gasteiger partial charge is 0.395 e. The third-order valence-electron chi connectivity index (χ3n) is 2.59. The molecule has 0 aromatic rings. The van der Waals surface area contributed by atoms with E-state index in [-0.39, 0.29) is 18.1 Å². The molecule has 0 aliphatic carbocycles. The molecule has 2 nitrogen and oxygen atoms in total. The second-order valence-corrected chi connectivity index (χ2v) is 5.85. The van der Waals surface area contributed by atoms with Gasteiger partial charge in [-0.15, -0.1) is 0 Å². The summed E-state index contributed by atoms with van der Waals surface area (Å²) in [6, 6.07) is 0.765. The quantitative estimate of drug-likeness (QED) is 0.684. The molecule has 0 radical (unpaired) electrons. The highest BCUT2D eigenvalue weighted by atomic mass is 16.3. The zero-order chi connectivity index (χ0) is 11.9. The molecular formula is C13H29NO. The number of hydrogen-bond donors (Lipinski definition) is 2. The smallest absolute Gasteiger partial charge is 0.0584 e. The SMILES string of the molecule is CCCCC(C)NC(CO)CC(C)(C)C. The summed E-state index contributed by atoms with van der Waals surface area (Å²) in [7, 11) is 0. The normalized spacial score (nSPS) is 16.4. The first kappa shape index (κ1) is 14.9. The van der Waals surface area contributed by atoms with Crippen LogP contribution in [-0.4, -0.2) is 23.8 Å². The topological polar surface area (TPSA) is 32.3 Å². The van der Waals surface area contributed by atoms with E-state index in [0.29, 0.717) is 6.04 Å². The second kappa shape index (κ2) is 7.24. The van der Waals surface area contributed by atoms with Crippen LogP contribution in [0, 0.1) is 5.41 Å². The summed E-state index contributed by atoms with van der Waals surface area (Å²) in [6.07, 6.45) is 4.74. The van der Waals surface area contributed by atoms with Crippen molar-refractivity contribution < 1.29 is 5.11 Å². The van der Waals surface area contributed by atoms with Gasteiger partial charge in [0.2, 0.25) is 0 Å². The zero-order valence-electron chi connectivity index (χ0n) is 11.1. The van der Waals surface area contributed by atoms with Crippen molar-refractivity contribution in [2.75, 3.05) is 6.61 Å². The van der Waals surface area contributed by atoms with Crippen LogP contribution in [0.5, 0.6) is 0 Å². The Hall–Kier alpha value is -0.0800. The number of rotatable bonds is 7. The summed E-state index contributed by atoms with van der Waals surface area (Å²) in [4.78, 5) is 0. The van der Waals surface area contributed by atoms with E-state index in [1.165, 1.54) is 19.3 Å². The summed E-state index contributed by atoms with van der Waals surface area (Å²) in [6.45, 7) is 11.3. The molecular weight excluding hydrogens is 186 g/mol. The molecule has 0 aromatic carbocycles. The molecule has 15 heavy (non-hydrogen) atoms. The Bertz CT molecular complexity index is 151. The van der Waals surface area contributed by atoms with Gasteiger partial charge in [0.15, 0.2) is 0 Å². The maximum atomic E-state index is 9.30. The fourth-order valence-electron chi connectivity index (χ4n) is 1.91. The molecule has 0 heterocycles. The first-order valence-corrected chi connectivity index (χ1v) is 6.26. The van der Waals surface area contributed by atoms with Gasteiger partial charge in [-0.3, -0.25) is 0 Å². The van der Waals surface area contributed by atoms with Crippen LogP contribution in [-0.2, 0) is 0 Å². The summed E-state index contributed by atoms with van der Waals surface area (Å²) in [5.74, 6) is 0. The first-order chi connectivity index (χ1) is 6.89. The van der Waals surface area contributed by atoms with Crippen LogP contribution < -0.4 is 5.32 Å². The van der Waals surface area contributed by atoms with Crippen molar-refractivity contribution >= 4 is 0 Å². The summed E-state index contributed by atoms with van der Waals surface area (Å²) in [5, 5.41) is 12.8. The van der Waals surface area contributed by atoms with Gasteiger partial charge in [0, 0.05) is 12.1 Å². The van der Waals surface area contributed by atoms with Crippen molar-refractivity contribution in [1.82, 2.24) is 5.32 Å². The minimum Gasteiger partial charge on any atom is -0.395 e. The minimum atomic E-state index is 0.244. The van der Waals surface area contributed by atoms with Gasteiger partial charge in [0.25, 0.3) is 0 Å². The fraction of sp³-hybridized carbons (Fsp3) is 1.00. The molecule has 2 atom stereocenters. The maximum Gasteiger partial charge on any atom is 0.0584 e. The van der Waals surface area contributed by atoms with Crippen LogP contribution in [0.4, 0.5) is 0 Å². The Labute approximate surface area is 95.5 Å². The number of aliphatic hydroxyl groups is 1. The predicted octanol–water partition coefficient (Wildman–Crippen LogP) is 2.95. The van der Waals surface area contributed by atoms with Gasteiger partial charge in [-0.05, 0) is 25.2 Å². The van der Waals surface area contributed by atoms with Gasteiger partial charge in [-0.1, -0.05) is 40.5 Å². The van der Waals surface area contributed by atoms with E-state index >= 15 is 0 Å². The van der Waals surface area contributed by atoms with Gasteiger partial charge >= 0.3 is 0 Å². The first-order valence-electron chi connectivity index (χ1n) is 6.26. The Morgan fingerprint density at radius 2 is 1.87 bits per heavy atom. The lowest BCUT2D eigenvalue weighted by molar-refractivity contribution is 0.188. The Kier molecular flexibility index (Phi) is 7.20. The molecule has 0 rings (SSSR count). The van der Waals surface area contributed by atoms with Crippen LogP contribution in [0.3, 0.4) is 0 Å². The monoisotopic (exact) mass is 215 g/mol. The van der Waals surface area contributed by atoms with E-state index < -0.39 is 0 Å². The predicted molar refractivity (Wildman–Crippen MR) is 67.1 cm³/mol. The standard InChI is InChI=1S/C13H29NO/c1-6-7-8-11(2)14-12(10-15)9-13(3,4)5/h11-12,14-15H,6-10H2,1-5H3. The number of aliphatic hydroxyl groups excluding tert-OH is 1. The highest BCUT2D eigenvalue weighted by Crippen LogP contribution is 2.21. The Morgan fingerprint density at radius 1 is 1.27 bits per heavy atom. The molecule has 0 bridgehead atoms. The highest BCUT2D eigenvalue weighted by Gasteiger charge is 2.19. The average molecular weight is 215 g/mol. The van der Waals surface area contributed by atoms with E-state index in [2.05, 4.69) is 39.9 Å². The lowest BCUT2D eigenvalue weighted by atomic mass is 9.88. The molecule has 2 unspecified atom stereocenters. The molecule has 2 N–H and O–H groups in total. The molecule has 0 aromatic heterocycles. The summed E-state index contributed by atoms with van der Waals surface area (Å²) < 4.78 is 0. The van der Waals surface area contributed by atoms with Crippen LogP contribution in [0.1, 0.15) is 60.3 Å². The van der Waals surface area contributed by atoms with Crippen molar-refractivity contribution in [3.8, 4) is 0 Å². The van der Waals surface area contributed by atoms with Crippen molar-refractivity contribution in [3.05, 3.63) is 0 Å². The molecule has 0 saturated carbocycles. The van der Waals surface area contributed by atoms with Crippen molar-refractivity contribution in [3.63, 3.8) is 0 Å². The molecule has 2 heteroatoms. The van der Waals surface area contributed by atoms with Gasteiger partial charge in [-0.2, -0.15) is 0 Å². The zero-order valence-corrected chi connectivity index (χ0v) is 11.1. The van der Waals surface area contributed by atoms with Gasteiger partial charge in [-0.25, -0.2) is 0 Å². The van der Waals surface area contributed by atoms with Crippen LogP contribution in [0.15, 0.2) is 0 Å². The summed E-state index contributed by atoms with van der Waals surface area (Å²) >= 11 is 0. The van der Waals surface area contributed by atoms with Crippen LogP contribution >= 0.6 is 0 Å². The number of hydrogen-bond acceptors (Lipinski definition) is 2. The highest BCUT2D eigenvalue weighted by molar-refractivity contribution is 4.76. The molecule has 0 fully saturated rings. The second-order valence-electron chi connectivity index (χ2n) is 5.85. The third-order valence-corrected chi connectivity index (χ3v) is 2.59. The Morgan fingerprint density at radius 3 is 2.27 bits per heavy atom. The number of unbranched alkanes of at least 4 members (excludes halogenated alkanes) is 1. The summed E-state index contributed by atoms with van der Waals surface area (Å²) in [5.41, 5.74) is 0.283.